The number of carbonyl (C=O) groups is 1. The zero-order valence-electron chi connectivity index (χ0n) is 15.9. The molecule has 4 rings (SSSR count). The minimum Gasteiger partial charge on any atom is -0.338 e. The summed E-state index contributed by atoms with van der Waals surface area (Å²) in [5.74, 6) is 0.104. The summed E-state index contributed by atoms with van der Waals surface area (Å²) in [4.78, 5) is 20.8. The van der Waals surface area contributed by atoms with Crippen molar-refractivity contribution in [3.63, 3.8) is 0 Å². The second kappa shape index (κ2) is 8.31. The quantitative estimate of drug-likeness (QED) is 0.649. The van der Waals surface area contributed by atoms with Gasteiger partial charge in [0, 0.05) is 31.7 Å². The Morgan fingerprint density at radius 3 is 2.55 bits per heavy atom. The maximum absolute atomic E-state index is 14.0. The number of rotatable bonds is 4. The van der Waals surface area contributed by atoms with Gasteiger partial charge in [-0.3, -0.25) is 9.69 Å². The molecule has 0 aliphatic carbocycles. The van der Waals surface area contributed by atoms with Crippen LogP contribution in [-0.4, -0.2) is 52.0 Å². The van der Waals surface area contributed by atoms with E-state index in [1.54, 1.807) is 4.90 Å². The van der Waals surface area contributed by atoms with Crippen molar-refractivity contribution in [2.45, 2.75) is 13.5 Å². The van der Waals surface area contributed by atoms with Crippen LogP contribution < -0.4 is 0 Å². The molecule has 0 bridgehead atoms. The minimum atomic E-state index is -0.598. The number of piperazine rings is 1. The Kier molecular flexibility index (Phi) is 5.60. The highest BCUT2D eigenvalue weighted by molar-refractivity contribution is 6.33. The van der Waals surface area contributed by atoms with E-state index in [0.717, 1.165) is 5.56 Å². The molecule has 0 unspecified atom stereocenters. The lowest BCUT2D eigenvalue weighted by Crippen LogP contribution is -2.48. The van der Waals surface area contributed by atoms with Crippen LogP contribution in [-0.2, 0) is 6.54 Å². The Balaban J connectivity index is 1.36. The summed E-state index contributed by atoms with van der Waals surface area (Å²) in [5, 5.41) is 4.18. The van der Waals surface area contributed by atoms with E-state index in [9.17, 15) is 9.18 Å². The molecule has 150 valence electrons. The number of hydrogen-bond acceptors (Lipinski definition) is 5. The van der Waals surface area contributed by atoms with Gasteiger partial charge < -0.3 is 9.42 Å². The third kappa shape index (κ3) is 4.31. The summed E-state index contributed by atoms with van der Waals surface area (Å²) < 4.78 is 19.4. The van der Waals surface area contributed by atoms with Gasteiger partial charge in [-0.15, -0.1) is 0 Å². The third-order valence-corrected chi connectivity index (χ3v) is 5.29. The molecule has 2 heterocycles. The number of nitrogens with zero attached hydrogens (tertiary/aromatic N) is 4. The molecule has 1 amide bonds. The van der Waals surface area contributed by atoms with E-state index in [2.05, 4.69) is 15.0 Å². The zero-order chi connectivity index (χ0) is 20.4. The summed E-state index contributed by atoms with van der Waals surface area (Å²) in [7, 11) is 0. The van der Waals surface area contributed by atoms with Crippen molar-refractivity contribution in [2.24, 2.45) is 0 Å². The first-order valence-electron chi connectivity index (χ1n) is 9.36. The molecular weight excluding hydrogens is 395 g/mol. The zero-order valence-corrected chi connectivity index (χ0v) is 16.7. The molecule has 0 saturated carbocycles. The molecule has 6 nitrogen and oxygen atoms in total. The molecule has 0 N–H and O–H groups in total. The van der Waals surface area contributed by atoms with E-state index in [0.29, 0.717) is 44.4 Å². The van der Waals surface area contributed by atoms with Gasteiger partial charge in [0.2, 0.25) is 11.7 Å². The number of halogens is 2. The first-order valence-corrected chi connectivity index (χ1v) is 9.74. The minimum absolute atomic E-state index is 0.0674. The molecule has 0 radical (unpaired) electrons. The van der Waals surface area contributed by atoms with Gasteiger partial charge in [0.05, 0.1) is 17.1 Å². The van der Waals surface area contributed by atoms with Crippen molar-refractivity contribution >= 4 is 17.5 Å². The fourth-order valence-electron chi connectivity index (χ4n) is 3.30. The lowest BCUT2D eigenvalue weighted by molar-refractivity contribution is 0.0611. The van der Waals surface area contributed by atoms with Gasteiger partial charge in [0.1, 0.15) is 5.82 Å². The molecule has 1 aliphatic heterocycles. The van der Waals surface area contributed by atoms with E-state index < -0.39 is 5.82 Å². The Morgan fingerprint density at radius 2 is 1.86 bits per heavy atom. The Bertz CT molecular complexity index is 994. The lowest BCUT2D eigenvalue weighted by Gasteiger charge is -2.34. The highest BCUT2D eigenvalue weighted by Gasteiger charge is 2.26. The molecule has 2 aromatic carbocycles. The first-order chi connectivity index (χ1) is 14.0. The monoisotopic (exact) mass is 414 g/mol. The third-order valence-electron chi connectivity index (χ3n) is 4.97. The molecule has 1 aliphatic rings. The van der Waals surface area contributed by atoms with Crippen molar-refractivity contribution in [3.05, 3.63) is 70.3 Å². The van der Waals surface area contributed by atoms with Crippen LogP contribution in [0.15, 0.2) is 47.0 Å². The lowest BCUT2D eigenvalue weighted by atomic mass is 10.1. The average molecular weight is 415 g/mol. The van der Waals surface area contributed by atoms with Crippen molar-refractivity contribution in [3.8, 4) is 11.4 Å². The van der Waals surface area contributed by atoms with Crippen LogP contribution in [0.2, 0.25) is 5.02 Å². The van der Waals surface area contributed by atoms with Crippen molar-refractivity contribution in [1.82, 2.24) is 19.9 Å². The largest absolute Gasteiger partial charge is 0.338 e. The van der Waals surface area contributed by atoms with Gasteiger partial charge in [-0.2, -0.15) is 4.98 Å². The second-order valence-electron chi connectivity index (χ2n) is 7.04. The standard InChI is InChI=1S/C21H20ClFN4O2/c1-14-5-7-15(8-6-14)20-24-18(29-25-20)13-26-9-11-27(12-10-26)21(28)19-16(22)3-2-4-17(19)23/h2-8H,9-13H2,1H3. The van der Waals surface area contributed by atoms with Crippen LogP contribution in [0.5, 0.6) is 0 Å². The summed E-state index contributed by atoms with van der Waals surface area (Å²) in [6, 6.07) is 12.2. The number of aryl methyl sites for hydroxylation is 1. The Labute approximate surface area is 172 Å². The summed E-state index contributed by atoms with van der Waals surface area (Å²) in [6.07, 6.45) is 0. The summed E-state index contributed by atoms with van der Waals surface area (Å²) in [5.41, 5.74) is 2.01. The Hall–Kier alpha value is -2.77. The molecule has 3 aromatic rings. The van der Waals surface area contributed by atoms with Crippen LogP contribution in [0.4, 0.5) is 4.39 Å². The molecule has 0 spiro atoms. The number of amides is 1. The van der Waals surface area contributed by atoms with E-state index in [1.807, 2.05) is 31.2 Å². The highest BCUT2D eigenvalue weighted by Crippen LogP contribution is 2.22. The molecule has 29 heavy (non-hydrogen) atoms. The van der Waals surface area contributed by atoms with Gasteiger partial charge in [0.25, 0.3) is 5.91 Å². The molecule has 1 fully saturated rings. The maximum Gasteiger partial charge on any atom is 0.258 e. The molecule has 1 saturated heterocycles. The van der Waals surface area contributed by atoms with Crippen molar-refractivity contribution in [1.29, 1.82) is 0 Å². The smallest absolute Gasteiger partial charge is 0.258 e. The van der Waals surface area contributed by atoms with Crippen LogP contribution in [0.1, 0.15) is 21.8 Å². The van der Waals surface area contributed by atoms with E-state index >= 15 is 0 Å². The van der Waals surface area contributed by atoms with E-state index in [-0.39, 0.29) is 16.5 Å². The topological polar surface area (TPSA) is 62.5 Å². The number of hydrogen-bond donors (Lipinski definition) is 0. The predicted molar refractivity (Wildman–Crippen MR) is 107 cm³/mol. The van der Waals surface area contributed by atoms with Crippen LogP contribution in [0.25, 0.3) is 11.4 Å². The average Bonchev–Trinajstić information content (AvgIpc) is 3.17. The second-order valence-corrected chi connectivity index (χ2v) is 7.45. The summed E-state index contributed by atoms with van der Waals surface area (Å²) >= 11 is 6.02. The fourth-order valence-corrected chi connectivity index (χ4v) is 3.54. The van der Waals surface area contributed by atoms with Crippen molar-refractivity contribution < 1.29 is 13.7 Å². The maximum atomic E-state index is 14.0. The fraction of sp³-hybridized carbons (Fsp3) is 0.286. The van der Waals surface area contributed by atoms with Crippen molar-refractivity contribution in [2.75, 3.05) is 26.2 Å². The number of carbonyl (C=O) groups excluding carboxylic acids is 1. The van der Waals surface area contributed by atoms with Crippen LogP contribution in [0.3, 0.4) is 0 Å². The predicted octanol–water partition coefficient (Wildman–Crippen LogP) is 3.80. The van der Waals surface area contributed by atoms with Gasteiger partial charge in [0.15, 0.2) is 0 Å². The van der Waals surface area contributed by atoms with Gasteiger partial charge in [-0.25, -0.2) is 4.39 Å². The summed E-state index contributed by atoms with van der Waals surface area (Å²) in [6.45, 7) is 4.72. The molecule has 0 atom stereocenters. The molecular formula is C21H20ClFN4O2. The van der Waals surface area contributed by atoms with E-state index in [4.69, 9.17) is 16.1 Å². The molecule has 8 heteroatoms. The van der Waals surface area contributed by atoms with E-state index in [1.165, 1.54) is 23.8 Å². The van der Waals surface area contributed by atoms with Gasteiger partial charge in [-0.05, 0) is 19.1 Å². The van der Waals surface area contributed by atoms with Gasteiger partial charge in [-0.1, -0.05) is 52.7 Å². The number of benzene rings is 2. The number of aromatic nitrogens is 2. The first kappa shape index (κ1) is 19.5. The SMILES string of the molecule is Cc1ccc(-c2noc(CN3CCN(C(=O)c4c(F)cccc4Cl)CC3)n2)cc1. The normalized spacial score (nSPS) is 14.9. The Morgan fingerprint density at radius 1 is 1.14 bits per heavy atom. The van der Waals surface area contributed by atoms with Crippen LogP contribution >= 0.6 is 11.6 Å². The van der Waals surface area contributed by atoms with Crippen LogP contribution in [0, 0.1) is 12.7 Å². The molecule has 1 aromatic heterocycles. The van der Waals surface area contributed by atoms with Gasteiger partial charge >= 0.3 is 0 Å². The highest BCUT2D eigenvalue weighted by atomic mass is 35.5.